The van der Waals surface area contributed by atoms with Gasteiger partial charge in [-0.3, -0.25) is 15.1 Å². The van der Waals surface area contributed by atoms with Crippen molar-refractivity contribution in [3.63, 3.8) is 0 Å². The van der Waals surface area contributed by atoms with E-state index in [1.165, 1.54) is 31.2 Å². The van der Waals surface area contributed by atoms with Crippen LogP contribution in [0.3, 0.4) is 0 Å². The number of fused-ring (bicyclic) bond motifs is 1. The molecular weight excluding hydrogens is 526 g/mol. The molecule has 5 heterocycles. The van der Waals surface area contributed by atoms with Crippen molar-refractivity contribution < 1.29 is 0 Å². The maximum atomic E-state index is 4.97. The Balaban J connectivity index is 1.31. The Hall–Kier alpha value is -4.14. The number of allylic oxidation sites excluding steroid dienone is 3. The molecular formula is C33H35N7S. The number of aromatic nitrogens is 6. The van der Waals surface area contributed by atoms with E-state index >= 15 is 0 Å². The summed E-state index contributed by atoms with van der Waals surface area (Å²) >= 11 is 1.67. The molecule has 0 bridgehead atoms. The molecule has 0 aromatic carbocycles. The van der Waals surface area contributed by atoms with Crippen molar-refractivity contribution in [1.29, 1.82) is 0 Å². The van der Waals surface area contributed by atoms with Gasteiger partial charge in [0.05, 0.1) is 15.7 Å². The lowest BCUT2D eigenvalue weighted by Crippen LogP contribution is -2.22. The second-order valence-corrected chi connectivity index (χ2v) is 11.9. The van der Waals surface area contributed by atoms with Crippen LogP contribution in [-0.4, -0.2) is 36.7 Å². The summed E-state index contributed by atoms with van der Waals surface area (Å²) in [6, 6.07) is 8.32. The number of aromatic amines is 2. The molecule has 3 N–H and O–H groups in total. The van der Waals surface area contributed by atoms with E-state index in [0.717, 1.165) is 72.8 Å². The lowest BCUT2D eigenvalue weighted by molar-refractivity contribution is 0.489. The molecule has 7 nitrogen and oxygen atoms in total. The quantitative estimate of drug-likeness (QED) is 0.203. The van der Waals surface area contributed by atoms with E-state index in [-0.39, 0.29) is 0 Å². The highest BCUT2D eigenvalue weighted by atomic mass is 32.1. The third kappa shape index (κ3) is 5.71. The Labute approximate surface area is 243 Å². The first-order valence-corrected chi connectivity index (χ1v) is 15.0. The number of imidazole rings is 1. The van der Waals surface area contributed by atoms with Crippen LogP contribution in [0.25, 0.3) is 56.9 Å². The highest BCUT2D eigenvalue weighted by molar-refractivity contribution is 7.16. The predicted molar refractivity (Wildman–Crippen MR) is 170 cm³/mol. The Morgan fingerprint density at radius 1 is 1.17 bits per heavy atom. The summed E-state index contributed by atoms with van der Waals surface area (Å²) in [5.41, 5.74) is 7.60. The predicted octanol–water partition coefficient (Wildman–Crippen LogP) is 6.08. The second-order valence-electron chi connectivity index (χ2n) is 10.8. The van der Waals surface area contributed by atoms with Gasteiger partial charge in [-0.15, -0.1) is 11.3 Å². The molecule has 1 aliphatic rings. The zero-order valence-corrected chi connectivity index (χ0v) is 24.4. The summed E-state index contributed by atoms with van der Waals surface area (Å²) in [5, 5.41) is 12.9. The van der Waals surface area contributed by atoms with Crippen LogP contribution >= 0.6 is 11.3 Å². The first kappa shape index (κ1) is 27.1. The fourth-order valence-electron chi connectivity index (χ4n) is 5.51. The minimum absolute atomic E-state index is 0.668. The molecule has 0 saturated heterocycles. The summed E-state index contributed by atoms with van der Waals surface area (Å²) in [4.78, 5) is 19.8. The molecule has 8 heteroatoms. The van der Waals surface area contributed by atoms with Gasteiger partial charge in [0.2, 0.25) is 0 Å². The Kier molecular flexibility index (Phi) is 7.76. The molecule has 0 amide bonds. The number of pyridine rings is 2. The van der Waals surface area contributed by atoms with E-state index in [4.69, 9.17) is 4.98 Å². The summed E-state index contributed by atoms with van der Waals surface area (Å²) in [5.74, 6) is 1.48. The van der Waals surface area contributed by atoms with Crippen LogP contribution in [-0.2, 0) is 6.54 Å². The molecule has 1 fully saturated rings. The molecule has 0 spiro atoms. The summed E-state index contributed by atoms with van der Waals surface area (Å²) in [7, 11) is 0. The lowest BCUT2D eigenvalue weighted by atomic mass is 10.0. The van der Waals surface area contributed by atoms with Crippen LogP contribution in [0.1, 0.15) is 55.5 Å². The van der Waals surface area contributed by atoms with Crippen LogP contribution in [0.15, 0.2) is 55.5 Å². The molecule has 0 unspecified atom stereocenters. The van der Waals surface area contributed by atoms with E-state index in [0.29, 0.717) is 11.5 Å². The molecule has 0 radical (unpaired) electrons. The molecule has 5 aromatic heterocycles. The molecule has 1 aliphatic carbocycles. The molecule has 208 valence electrons. The minimum Gasteiger partial charge on any atom is -0.336 e. The zero-order chi connectivity index (χ0) is 28.3. The van der Waals surface area contributed by atoms with E-state index in [2.05, 4.69) is 74.0 Å². The standard InChI is InChI=1S/C33H35N7S/c1-5-24(25-14-23(18-35-19-25)17-34-16-22-8-6-7-9-22)15-26-21(4)39-40-30(26)33-37-27-12-13-36-32(31(27)38-33)29-11-10-28(41-29)20(2)3/h5,10-15,18-19,22,34,39H,2,4,6-9,16-17H2,1,3H3,(H,37,38)/b24-5+,26-15+. The van der Waals surface area contributed by atoms with Crippen LogP contribution in [0.4, 0.5) is 0 Å². The molecule has 41 heavy (non-hydrogen) atoms. The fraction of sp³-hybridized carbons (Fsp3) is 0.273. The molecule has 0 atom stereocenters. The van der Waals surface area contributed by atoms with Gasteiger partial charge in [0.25, 0.3) is 0 Å². The van der Waals surface area contributed by atoms with Crippen molar-refractivity contribution >= 4 is 46.2 Å². The minimum atomic E-state index is 0.668. The fourth-order valence-corrected chi connectivity index (χ4v) is 6.44. The third-order valence-electron chi connectivity index (χ3n) is 7.74. The Morgan fingerprint density at radius 3 is 2.80 bits per heavy atom. The largest absolute Gasteiger partial charge is 0.336 e. The smallest absolute Gasteiger partial charge is 0.159 e. The number of nitrogens with one attached hydrogen (secondary N) is 3. The molecule has 0 aliphatic heterocycles. The van der Waals surface area contributed by atoms with E-state index in [1.807, 2.05) is 38.5 Å². The Morgan fingerprint density at radius 2 is 2.02 bits per heavy atom. The van der Waals surface area contributed by atoms with Gasteiger partial charge in [-0.2, -0.15) is 5.10 Å². The van der Waals surface area contributed by atoms with Crippen molar-refractivity contribution in [1.82, 2.24) is 35.5 Å². The molecule has 6 rings (SSSR count). The summed E-state index contributed by atoms with van der Waals surface area (Å²) < 4.78 is 0. The van der Waals surface area contributed by atoms with Crippen LogP contribution in [0, 0.1) is 5.92 Å². The van der Waals surface area contributed by atoms with Crippen molar-refractivity contribution in [3.05, 3.63) is 82.1 Å². The van der Waals surface area contributed by atoms with Crippen molar-refractivity contribution in [2.75, 3.05) is 6.54 Å². The van der Waals surface area contributed by atoms with E-state index in [1.54, 1.807) is 11.3 Å². The molecule has 5 aromatic rings. The van der Waals surface area contributed by atoms with Crippen LogP contribution < -0.4 is 15.9 Å². The van der Waals surface area contributed by atoms with Crippen LogP contribution in [0.5, 0.6) is 0 Å². The van der Waals surface area contributed by atoms with Gasteiger partial charge in [-0.25, -0.2) is 4.98 Å². The summed E-state index contributed by atoms with van der Waals surface area (Å²) in [6.07, 6.45) is 15.3. The van der Waals surface area contributed by atoms with Crippen LogP contribution in [0.2, 0.25) is 0 Å². The SMILES string of the molecule is C=C(C)c1ccc(-c2nccc3[nH]c(-c4n[nH]c(=C)/c4=C\C(=C/C)c4cncc(CNCC5CCCC5)c4)nc23)s1. The topological polar surface area (TPSA) is 95.2 Å². The zero-order valence-electron chi connectivity index (χ0n) is 23.6. The van der Waals surface area contributed by atoms with Gasteiger partial charge >= 0.3 is 0 Å². The second kappa shape index (κ2) is 11.8. The number of thiophene rings is 1. The lowest BCUT2D eigenvalue weighted by Gasteiger charge is -2.11. The van der Waals surface area contributed by atoms with Crippen molar-refractivity contribution in [3.8, 4) is 22.1 Å². The summed E-state index contributed by atoms with van der Waals surface area (Å²) in [6.45, 7) is 14.2. The monoisotopic (exact) mass is 561 g/mol. The number of H-pyrrole nitrogens is 2. The van der Waals surface area contributed by atoms with Gasteiger partial charge in [-0.1, -0.05) is 32.1 Å². The first-order valence-electron chi connectivity index (χ1n) is 14.2. The Bertz CT molecular complexity index is 1850. The van der Waals surface area contributed by atoms with E-state index < -0.39 is 0 Å². The number of hydrogen-bond donors (Lipinski definition) is 3. The number of hydrogen-bond acceptors (Lipinski definition) is 6. The number of rotatable bonds is 9. The average Bonchev–Trinajstić information content (AvgIpc) is 3.79. The van der Waals surface area contributed by atoms with Gasteiger partial charge < -0.3 is 10.3 Å². The van der Waals surface area contributed by atoms with Gasteiger partial charge in [0.1, 0.15) is 16.9 Å². The van der Waals surface area contributed by atoms with Gasteiger partial charge in [-0.05, 0) is 86.2 Å². The molecule has 1 saturated carbocycles. The van der Waals surface area contributed by atoms with Crippen molar-refractivity contribution in [2.24, 2.45) is 5.92 Å². The highest BCUT2D eigenvalue weighted by Crippen LogP contribution is 2.34. The highest BCUT2D eigenvalue weighted by Gasteiger charge is 2.17. The average molecular weight is 562 g/mol. The number of nitrogens with zero attached hydrogens (tertiary/aromatic N) is 4. The third-order valence-corrected chi connectivity index (χ3v) is 9.00. The van der Waals surface area contributed by atoms with Crippen molar-refractivity contribution in [2.45, 2.75) is 46.1 Å². The van der Waals surface area contributed by atoms with E-state index in [9.17, 15) is 0 Å². The van der Waals surface area contributed by atoms with Gasteiger partial charge in [0, 0.05) is 40.8 Å². The first-order chi connectivity index (χ1) is 20.0. The maximum Gasteiger partial charge on any atom is 0.159 e. The normalized spacial score (nSPS) is 14.9. The van der Waals surface area contributed by atoms with Gasteiger partial charge in [0.15, 0.2) is 5.82 Å². The maximum absolute atomic E-state index is 4.97.